The lowest BCUT2D eigenvalue weighted by atomic mass is 9.74. The van der Waals surface area contributed by atoms with Crippen LogP contribution >= 0.6 is 0 Å². The lowest BCUT2D eigenvalue weighted by molar-refractivity contribution is -0.00175. The summed E-state index contributed by atoms with van der Waals surface area (Å²) in [6.07, 6.45) is -0.0101. The Morgan fingerprint density at radius 3 is 2.05 bits per heavy atom. The zero-order valence-electron chi connectivity index (χ0n) is 12.7. The Morgan fingerprint density at radius 2 is 1.63 bits per heavy atom. The highest BCUT2D eigenvalue weighted by Crippen LogP contribution is 2.36. The number of aromatic carboxylic acids is 1. The minimum Gasteiger partial charge on any atom is -0.489 e. The Bertz CT molecular complexity index is 436. The highest BCUT2D eigenvalue weighted by Gasteiger charge is 2.36. The SMILES string of the molecule is CC(C)(C)C(Oc1cccc(C(=O)O)c1)C(C)(C)C. The van der Waals surface area contributed by atoms with Crippen LogP contribution in [-0.2, 0) is 0 Å². The second-order valence-corrected chi connectivity index (χ2v) is 7.06. The van der Waals surface area contributed by atoms with E-state index in [1.807, 2.05) is 0 Å². The largest absolute Gasteiger partial charge is 0.489 e. The van der Waals surface area contributed by atoms with E-state index in [-0.39, 0.29) is 22.5 Å². The standard InChI is InChI=1S/C16H24O3/c1-15(2,3)14(16(4,5)6)19-12-9-7-8-11(10-12)13(17)18/h7-10,14H,1-6H3,(H,17,18). The van der Waals surface area contributed by atoms with Gasteiger partial charge in [-0.2, -0.15) is 0 Å². The van der Waals surface area contributed by atoms with Gasteiger partial charge in [0.25, 0.3) is 0 Å². The minimum atomic E-state index is -0.937. The molecule has 0 aliphatic rings. The van der Waals surface area contributed by atoms with Gasteiger partial charge in [0.2, 0.25) is 0 Å². The summed E-state index contributed by atoms with van der Waals surface area (Å²) in [5.41, 5.74) is 0.189. The molecular weight excluding hydrogens is 240 g/mol. The molecule has 0 amide bonds. The smallest absolute Gasteiger partial charge is 0.335 e. The summed E-state index contributed by atoms with van der Waals surface area (Å²) in [6.45, 7) is 12.8. The van der Waals surface area contributed by atoms with Gasteiger partial charge < -0.3 is 9.84 Å². The number of ether oxygens (including phenoxy) is 1. The second kappa shape index (κ2) is 5.24. The number of hydrogen-bond acceptors (Lipinski definition) is 2. The maximum atomic E-state index is 11.0. The van der Waals surface area contributed by atoms with Crippen LogP contribution in [0.5, 0.6) is 5.75 Å². The molecule has 1 rings (SSSR count). The summed E-state index contributed by atoms with van der Waals surface area (Å²) >= 11 is 0. The molecule has 0 aromatic heterocycles. The molecular formula is C16H24O3. The third kappa shape index (κ3) is 4.27. The highest BCUT2D eigenvalue weighted by molar-refractivity contribution is 5.87. The molecule has 0 aliphatic carbocycles. The Kier molecular flexibility index (Phi) is 4.28. The fraction of sp³-hybridized carbons (Fsp3) is 0.562. The van der Waals surface area contributed by atoms with Crippen molar-refractivity contribution < 1.29 is 14.6 Å². The van der Waals surface area contributed by atoms with E-state index in [9.17, 15) is 4.79 Å². The van der Waals surface area contributed by atoms with Crippen LogP contribution in [0.3, 0.4) is 0 Å². The van der Waals surface area contributed by atoms with Gasteiger partial charge in [0, 0.05) is 0 Å². The van der Waals surface area contributed by atoms with Crippen molar-refractivity contribution in [1.82, 2.24) is 0 Å². The van der Waals surface area contributed by atoms with Crippen molar-refractivity contribution in [1.29, 1.82) is 0 Å². The Labute approximate surface area is 115 Å². The van der Waals surface area contributed by atoms with Crippen LogP contribution < -0.4 is 4.74 Å². The Balaban J connectivity index is 3.04. The summed E-state index contributed by atoms with van der Waals surface area (Å²) in [4.78, 5) is 11.0. The summed E-state index contributed by atoms with van der Waals surface area (Å²) in [6, 6.07) is 6.66. The molecule has 19 heavy (non-hydrogen) atoms. The third-order valence-corrected chi connectivity index (χ3v) is 2.91. The topological polar surface area (TPSA) is 46.5 Å². The van der Waals surface area contributed by atoms with Gasteiger partial charge in [-0.25, -0.2) is 4.79 Å². The van der Waals surface area contributed by atoms with Gasteiger partial charge in [0.05, 0.1) is 5.56 Å². The number of hydrogen-bond donors (Lipinski definition) is 1. The average Bonchev–Trinajstić information content (AvgIpc) is 2.23. The molecule has 1 N–H and O–H groups in total. The summed E-state index contributed by atoms with van der Waals surface area (Å²) in [7, 11) is 0. The normalized spacial score (nSPS) is 12.6. The van der Waals surface area contributed by atoms with Crippen LogP contribution in [0, 0.1) is 10.8 Å². The first-order valence-electron chi connectivity index (χ1n) is 6.52. The Hall–Kier alpha value is -1.51. The molecule has 0 spiro atoms. The van der Waals surface area contributed by atoms with Gasteiger partial charge in [-0.15, -0.1) is 0 Å². The minimum absolute atomic E-state index is 0.0101. The molecule has 0 aliphatic heterocycles. The molecule has 0 saturated carbocycles. The predicted molar refractivity (Wildman–Crippen MR) is 76.7 cm³/mol. The zero-order valence-corrected chi connectivity index (χ0v) is 12.7. The lowest BCUT2D eigenvalue weighted by Crippen LogP contribution is -2.42. The fourth-order valence-electron chi connectivity index (χ4n) is 2.49. The van der Waals surface area contributed by atoms with Crippen molar-refractivity contribution in [3.63, 3.8) is 0 Å². The average molecular weight is 264 g/mol. The number of carbonyl (C=O) groups is 1. The molecule has 0 atom stereocenters. The third-order valence-electron chi connectivity index (χ3n) is 2.91. The van der Waals surface area contributed by atoms with Gasteiger partial charge in [0.1, 0.15) is 11.9 Å². The van der Waals surface area contributed by atoms with Crippen LogP contribution in [0.25, 0.3) is 0 Å². The molecule has 0 saturated heterocycles. The number of carboxylic acids is 1. The van der Waals surface area contributed by atoms with Crippen molar-refractivity contribution in [3.05, 3.63) is 29.8 Å². The van der Waals surface area contributed by atoms with Crippen LogP contribution in [0.2, 0.25) is 0 Å². The quantitative estimate of drug-likeness (QED) is 0.888. The fourth-order valence-corrected chi connectivity index (χ4v) is 2.49. The predicted octanol–water partition coefficient (Wildman–Crippen LogP) is 4.22. The molecule has 106 valence electrons. The van der Waals surface area contributed by atoms with Crippen LogP contribution in [-0.4, -0.2) is 17.2 Å². The lowest BCUT2D eigenvalue weighted by Gasteiger charge is -2.40. The summed E-state index contributed by atoms with van der Waals surface area (Å²) in [5, 5.41) is 9.01. The van der Waals surface area contributed by atoms with Crippen molar-refractivity contribution >= 4 is 5.97 Å². The van der Waals surface area contributed by atoms with E-state index in [2.05, 4.69) is 41.5 Å². The van der Waals surface area contributed by atoms with Crippen LogP contribution in [0.1, 0.15) is 51.9 Å². The van der Waals surface area contributed by atoms with E-state index >= 15 is 0 Å². The van der Waals surface area contributed by atoms with Crippen LogP contribution in [0.15, 0.2) is 24.3 Å². The zero-order chi connectivity index (χ0) is 14.8. The Morgan fingerprint density at radius 1 is 1.11 bits per heavy atom. The molecule has 0 heterocycles. The maximum absolute atomic E-state index is 11.0. The first-order chi connectivity index (χ1) is 8.51. The number of benzene rings is 1. The summed E-state index contributed by atoms with van der Waals surface area (Å²) < 4.78 is 6.07. The van der Waals surface area contributed by atoms with Gasteiger partial charge >= 0.3 is 5.97 Å². The van der Waals surface area contributed by atoms with Gasteiger partial charge in [0.15, 0.2) is 0 Å². The maximum Gasteiger partial charge on any atom is 0.335 e. The van der Waals surface area contributed by atoms with Gasteiger partial charge in [-0.3, -0.25) is 0 Å². The van der Waals surface area contributed by atoms with E-state index in [1.54, 1.807) is 24.3 Å². The number of rotatable bonds is 3. The molecule has 1 aromatic carbocycles. The molecule has 0 radical (unpaired) electrons. The van der Waals surface area contributed by atoms with E-state index in [0.29, 0.717) is 5.75 Å². The first kappa shape index (κ1) is 15.5. The van der Waals surface area contributed by atoms with Crippen LogP contribution in [0.4, 0.5) is 0 Å². The molecule has 1 aromatic rings. The van der Waals surface area contributed by atoms with Gasteiger partial charge in [-0.05, 0) is 29.0 Å². The first-order valence-corrected chi connectivity index (χ1v) is 6.52. The second-order valence-electron chi connectivity index (χ2n) is 7.06. The van der Waals surface area contributed by atoms with Crippen molar-refractivity contribution in [2.45, 2.75) is 47.6 Å². The van der Waals surface area contributed by atoms with E-state index < -0.39 is 5.97 Å². The molecule has 3 nitrogen and oxygen atoms in total. The molecule has 3 heteroatoms. The molecule has 0 fully saturated rings. The van der Waals surface area contributed by atoms with E-state index in [0.717, 1.165) is 0 Å². The van der Waals surface area contributed by atoms with Gasteiger partial charge in [-0.1, -0.05) is 47.6 Å². The highest BCUT2D eigenvalue weighted by atomic mass is 16.5. The molecule has 0 unspecified atom stereocenters. The number of carboxylic acid groups (broad SMARTS) is 1. The van der Waals surface area contributed by atoms with Crippen molar-refractivity contribution in [3.8, 4) is 5.75 Å². The van der Waals surface area contributed by atoms with E-state index in [1.165, 1.54) is 0 Å². The van der Waals surface area contributed by atoms with Crippen molar-refractivity contribution in [2.75, 3.05) is 0 Å². The monoisotopic (exact) mass is 264 g/mol. The van der Waals surface area contributed by atoms with Crippen molar-refractivity contribution in [2.24, 2.45) is 10.8 Å². The summed E-state index contributed by atoms with van der Waals surface area (Å²) in [5.74, 6) is -0.330. The van der Waals surface area contributed by atoms with E-state index in [4.69, 9.17) is 9.84 Å². The molecule has 0 bridgehead atoms.